The molecule has 5 nitrogen and oxygen atoms in total. The smallest absolute Gasteiger partial charge is 0.344 e. The highest BCUT2D eigenvalue weighted by Gasteiger charge is 2.36. The number of ether oxygens (including phenoxy) is 4. The van der Waals surface area contributed by atoms with E-state index >= 15 is 0 Å². The minimum atomic E-state index is -0.365. The SMILES string of the molecule is CCCCC(CCOc1ccc(OCC(=O)OCC)c(C)c1)C1Oc2cc(C)ccc2C1C. The second-order valence-corrected chi connectivity index (χ2v) is 8.97. The Morgan fingerprint density at radius 2 is 1.88 bits per heavy atom. The van der Waals surface area contributed by atoms with E-state index in [2.05, 4.69) is 39.0 Å². The zero-order chi connectivity index (χ0) is 23.8. The van der Waals surface area contributed by atoms with Crippen LogP contribution in [-0.4, -0.2) is 31.9 Å². The van der Waals surface area contributed by atoms with Crippen LogP contribution < -0.4 is 14.2 Å². The van der Waals surface area contributed by atoms with Crippen LogP contribution in [0.15, 0.2) is 36.4 Å². The fourth-order valence-electron chi connectivity index (χ4n) is 4.53. The average Bonchev–Trinajstić information content (AvgIpc) is 3.11. The van der Waals surface area contributed by atoms with Crippen molar-refractivity contribution in [2.75, 3.05) is 19.8 Å². The molecule has 0 saturated carbocycles. The van der Waals surface area contributed by atoms with Crippen molar-refractivity contribution >= 4 is 5.97 Å². The van der Waals surface area contributed by atoms with Gasteiger partial charge in [-0.1, -0.05) is 38.8 Å². The average molecular weight is 455 g/mol. The number of fused-ring (bicyclic) bond motifs is 1. The molecule has 0 aromatic heterocycles. The first kappa shape index (κ1) is 24.9. The van der Waals surface area contributed by atoms with Gasteiger partial charge in [-0.2, -0.15) is 0 Å². The Balaban J connectivity index is 1.56. The van der Waals surface area contributed by atoms with Gasteiger partial charge in [0.2, 0.25) is 0 Å². The number of aryl methyl sites for hydroxylation is 2. The maximum atomic E-state index is 11.5. The molecule has 0 saturated heterocycles. The maximum Gasteiger partial charge on any atom is 0.344 e. The summed E-state index contributed by atoms with van der Waals surface area (Å²) in [6, 6.07) is 12.2. The summed E-state index contributed by atoms with van der Waals surface area (Å²) in [5.74, 6) is 2.99. The van der Waals surface area contributed by atoms with Gasteiger partial charge < -0.3 is 18.9 Å². The lowest BCUT2D eigenvalue weighted by Gasteiger charge is -2.26. The summed E-state index contributed by atoms with van der Waals surface area (Å²) in [5, 5.41) is 0. The lowest BCUT2D eigenvalue weighted by Crippen LogP contribution is -2.29. The van der Waals surface area contributed by atoms with E-state index in [0.29, 0.717) is 30.8 Å². The highest BCUT2D eigenvalue weighted by molar-refractivity contribution is 5.71. The molecular weight excluding hydrogens is 416 g/mol. The molecule has 0 spiro atoms. The molecule has 1 aliphatic rings. The largest absolute Gasteiger partial charge is 0.494 e. The van der Waals surface area contributed by atoms with Crippen molar-refractivity contribution in [3.8, 4) is 17.2 Å². The summed E-state index contributed by atoms with van der Waals surface area (Å²) in [5.41, 5.74) is 3.49. The first-order chi connectivity index (χ1) is 15.9. The number of benzene rings is 2. The molecule has 1 aliphatic heterocycles. The molecular formula is C28H38O5. The zero-order valence-corrected chi connectivity index (χ0v) is 20.7. The second-order valence-electron chi connectivity index (χ2n) is 8.97. The quantitative estimate of drug-likeness (QED) is 0.348. The van der Waals surface area contributed by atoms with Crippen molar-refractivity contribution in [3.05, 3.63) is 53.1 Å². The van der Waals surface area contributed by atoms with Crippen LogP contribution in [0.2, 0.25) is 0 Å². The predicted molar refractivity (Wildman–Crippen MR) is 130 cm³/mol. The Morgan fingerprint density at radius 3 is 2.61 bits per heavy atom. The number of hydrogen-bond donors (Lipinski definition) is 0. The highest BCUT2D eigenvalue weighted by atomic mass is 16.6. The maximum absolute atomic E-state index is 11.5. The van der Waals surface area contributed by atoms with Crippen molar-refractivity contribution in [3.63, 3.8) is 0 Å². The summed E-state index contributed by atoms with van der Waals surface area (Å²) in [6.45, 7) is 11.3. The van der Waals surface area contributed by atoms with Gasteiger partial charge in [-0.3, -0.25) is 0 Å². The van der Waals surface area contributed by atoms with E-state index < -0.39 is 0 Å². The lowest BCUT2D eigenvalue weighted by atomic mass is 9.84. The molecule has 0 aliphatic carbocycles. The summed E-state index contributed by atoms with van der Waals surface area (Å²) >= 11 is 0. The monoisotopic (exact) mass is 454 g/mol. The van der Waals surface area contributed by atoms with E-state index in [1.165, 1.54) is 24.0 Å². The van der Waals surface area contributed by atoms with Crippen LogP contribution in [0.5, 0.6) is 17.2 Å². The Labute approximate surface area is 198 Å². The van der Waals surface area contributed by atoms with E-state index in [4.69, 9.17) is 18.9 Å². The fraction of sp³-hybridized carbons (Fsp3) is 0.536. The molecule has 3 unspecified atom stereocenters. The van der Waals surface area contributed by atoms with Gasteiger partial charge in [-0.05, 0) is 74.9 Å². The fourth-order valence-corrected chi connectivity index (χ4v) is 4.53. The van der Waals surface area contributed by atoms with Crippen LogP contribution in [0.4, 0.5) is 0 Å². The van der Waals surface area contributed by atoms with Crippen LogP contribution in [0.1, 0.15) is 69.1 Å². The van der Waals surface area contributed by atoms with E-state index in [1.807, 2.05) is 25.1 Å². The van der Waals surface area contributed by atoms with E-state index in [9.17, 15) is 4.79 Å². The van der Waals surface area contributed by atoms with E-state index in [1.54, 1.807) is 6.92 Å². The Morgan fingerprint density at radius 1 is 1.06 bits per heavy atom. The normalized spacial score (nSPS) is 17.7. The third-order valence-corrected chi connectivity index (χ3v) is 6.36. The van der Waals surface area contributed by atoms with Crippen LogP contribution >= 0.6 is 0 Å². The van der Waals surface area contributed by atoms with Crippen molar-refractivity contribution < 1.29 is 23.7 Å². The number of esters is 1. The van der Waals surface area contributed by atoms with Gasteiger partial charge in [0.1, 0.15) is 23.4 Å². The van der Waals surface area contributed by atoms with Gasteiger partial charge in [-0.15, -0.1) is 0 Å². The summed E-state index contributed by atoms with van der Waals surface area (Å²) < 4.78 is 23.0. The number of hydrogen-bond acceptors (Lipinski definition) is 5. The molecule has 0 radical (unpaired) electrons. The minimum Gasteiger partial charge on any atom is -0.494 e. The van der Waals surface area contributed by atoms with Gasteiger partial charge in [0.25, 0.3) is 0 Å². The zero-order valence-electron chi connectivity index (χ0n) is 20.7. The van der Waals surface area contributed by atoms with Gasteiger partial charge in [-0.25, -0.2) is 4.79 Å². The van der Waals surface area contributed by atoms with Crippen molar-refractivity contribution in [1.82, 2.24) is 0 Å². The lowest BCUT2D eigenvalue weighted by molar-refractivity contribution is -0.145. The van der Waals surface area contributed by atoms with Crippen molar-refractivity contribution in [2.24, 2.45) is 5.92 Å². The molecule has 0 fully saturated rings. The van der Waals surface area contributed by atoms with Gasteiger partial charge in [0.05, 0.1) is 13.2 Å². The molecule has 0 amide bonds. The third kappa shape index (κ3) is 6.66. The molecule has 3 atom stereocenters. The van der Waals surface area contributed by atoms with Crippen LogP contribution in [0, 0.1) is 19.8 Å². The number of carbonyl (C=O) groups excluding carboxylic acids is 1. The van der Waals surface area contributed by atoms with Gasteiger partial charge in [0.15, 0.2) is 6.61 Å². The third-order valence-electron chi connectivity index (χ3n) is 6.36. The molecule has 3 rings (SSSR count). The Hall–Kier alpha value is -2.69. The number of rotatable bonds is 12. The summed E-state index contributed by atoms with van der Waals surface area (Å²) in [4.78, 5) is 11.5. The summed E-state index contributed by atoms with van der Waals surface area (Å²) in [7, 11) is 0. The number of unbranched alkanes of at least 4 members (excludes halogenated alkanes) is 1. The molecule has 5 heteroatoms. The molecule has 33 heavy (non-hydrogen) atoms. The van der Waals surface area contributed by atoms with Crippen LogP contribution in [0.3, 0.4) is 0 Å². The topological polar surface area (TPSA) is 54.0 Å². The Kier molecular flexibility index (Phi) is 9.04. The molecule has 0 N–H and O–H groups in total. The first-order valence-electron chi connectivity index (χ1n) is 12.2. The van der Waals surface area contributed by atoms with Crippen LogP contribution in [-0.2, 0) is 9.53 Å². The molecule has 0 bridgehead atoms. The molecule has 2 aromatic rings. The van der Waals surface area contributed by atoms with E-state index in [-0.39, 0.29) is 18.7 Å². The number of carbonyl (C=O) groups is 1. The van der Waals surface area contributed by atoms with Gasteiger partial charge in [0, 0.05) is 11.5 Å². The molecule has 180 valence electrons. The first-order valence-corrected chi connectivity index (χ1v) is 12.2. The molecule has 2 aromatic carbocycles. The van der Waals surface area contributed by atoms with Gasteiger partial charge >= 0.3 is 5.97 Å². The second kappa shape index (κ2) is 12.0. The predicted octanol–water partition coefficient (Wildman–Crippen LogP) is 6.39. The standard InChI is InChI=1S/C28H38O5/c1-6-8-9-22(28-21(5)24-12-10-19(3)16-26(24)33-28)14-15-31-23-11-13-25(20(4)17-23)32-18-27(29)30-7-2/h10-13,16-17,21-22,28H,6-9,14-15,18H2,1-5H3. The van der Waals surface area contributed by atoms with Crippen molar-refractivity contribution in [2.45, 2.75) is 72.3 Å². The van der Waals surface area contributed by atoms with E-state index in [0.717, 1.165) is 29.9 Å². The Bertz CT molecular complexity index is 922. The highest BCUT2D eigenvalue weighted by Crippen LogP contribution is 2.43. The van der Waals surface area contributed by atoms with Crippen molar-refractivity contribution in [1.29, 1.82) is 0 Å². The molecule has 1 heterocycles. The summed E-state index contributed by atoms with van der Waals surface area (Å²) in [6.07, 6.45) is 4.65. The van der Waals surface area contributed by atoms with Crippen LogP contribution in [0.25, 0.3) is 0 Å². The minimum absolute atomic E-state index is 0.0878.